The van der Waals surface area contributed by atoms with E-state index in [4.69, 9.17) is 7.85 Å². The fourth-order valence-electron chi connectivity index (χ4n) is 2.04. The molecule has 0 saturated heterocycles. The third-order valence-corrected chi connectivity index (χ3v) is 11.0. The summed E-state index contributed by atoms with van der Waals surface area (Å²) in [6.45, 7) is 8.85. The van der Waals surface area contributed by atoms with Crippen molar-refractivity contribution in [2.24, 2.45) is 5.41 Å². The summed E-state index contributed by atoms with van der Waals surface area (Å²) in [4.78, 5) is -0.315. The molecule has 0 heterocycles. The van der Waals surface area contributed by atoms with Gasteiger partial charge in [-0.1, -0.05) is 33.5 Å². The minimum Gasteiger partial charge on any atom is -0.131 e. The molecule has 0 aromatic carbocycles. The summed E-state index contributed by atoms with van der Waals surface area (Å²) in [5, 5.41) is -0.0311. The summed E-state index contributed by atoms with van der Waals surface area (Å²) in [6, 6.07) is 0. The highest BCUT2D eigenvalue weighted by atomic mass is 31.1. The zero-order valence-electron chi connectivity index (χ0n) is 12.3. The van der Waals surface area contributed by atoms with Gasteiger partial charge >= 0.3 is 0 Å². The standard InChI is InChI=1S/C10H29BP8/c1-6(2,12)7(3,10(17,18)19)5(11)9(15,16)8(4,13)14/h5H,12-19H2,1-4H3. The van der Waals surface area contributed by atoms with E-state index in [0.29, 0.717) is 0 Å². The lowest BCUT2D eigenvalue weighted by Crippen LogP contribution is -2.55. The lowest BCUT2D eigenvalue weighted by atomic mass is 9.58. The third-order valence-electron chi connectivity index (χ3n) is 4.31. The predicted molar refractivity (Wildman–Crippen MR) is 123 cm³/mol. The molecule has 0 aliphatic rings. The van der Waals surface area contributed by atoms with Gasteiger partial charge in [0, 0.05) is 14.4 Å². The normalized spacial score (nSPS) is 20.0. The van der Waals surface area contributed by atoms with Crippen molar-refractivity contribution in [2.75, 3.05) is 0 Å². The summed E-state index contributed by atoms with van der Waals surface area (Å²) in [7, 11) is 30.1. The van der Waals surface area contributed by atoms with Gasteiger partial charge in [0.05, 0.1) is 7.85 Å². The van der Waals surface area contributed by atoms with Gasteiger partial charge in [-0.25, -0.2) is 0 Å². The summed E-state index contributed by atoms with van der Waals surface area (Å²) < 4.78 is -0.156. The van der Waals surface area contributed by atoms with Crippen molar-refractivity contribution in [1.29, 1.82) is 0 Å². The van der Waals surface area contributed by atoms with E-state index in [0.717, 1.165) is 0 Å². The lowest BCUT2D eigenvalue weighted by Gasteiger charge is -2.61. The fraction of sp³-hybridized carbons (Fsp3) is 1.00. The van der Waals surface area contributed by atoms with Gasteiger partial charge < -0.3 is 0 Å². The molecule has 0 amide bonds. The van der Waals surface area contributed by atoms with Crippen molar-refractivity contribution in [1.82, 2.24) is 0 Å². The molecule has 19 heavy (non-hydrogen) atoms. The molecule has 10 unspecified atom stereocenters. The quantitative estimate of drug-likeness (QED) is 0.480. The number of rotatable bonds is 5. The van der Waals surface area contributed by atoms with E-state index in [2.05, 4.69) is 102 Å². The first kappa shape index (κ1) is 22.5. The third kappa shape index (κ3) is 4.53. The van der Waals surface area contributed by atoms with Crippen molar-refractivity contribution < 1.29 is 0 Å². The predicted octanol–water partition coefficient (Wildman–Crippen LogP) is 3.80. The maximum Gasteiger partial charge on any atom is 0.0725 e. The summed E-state index contributed by atoms with van der Waals surface area (Å²) in [5.41, 5.74) is -0.164. The summed E-state index contributed by atoms with van der Waals surface area (Å²) in [6.07, 6.45) is 0. The van der Waals surface area contributed by atoms with E-state index < -0.39 is 0 Å². The first-order chi connectivity index (χ1) is 7.90. The molecule has 0 saturated carbocycles. The first-order valence-electron chi connectivity index (χ1n) is 5.97. The van der Waals surface area contributed by atoms with Crippen LogP contribution in [0, 0.1) is 5.41 Å². The Kier molecular flexibility index (Phi) is 8.04. The average molecular weight is 408 g/mol. The van der Waals surface area contributed by atoms with Gasteiger partial charge in [0.25, 0.3) is 0 Å². The first-order valence-corrected chi connectivity index (χ1v) is 10.6. The Hall–Kier alpha value is 3.50. The Balaban J connectivity index is 5.97. The van der Waals surface area contributed by atoms with Crippen molar-refractivity contribution in [3.63, 3.8) is 0 Å². The Morgan fingerprint density at radius 2 is 1.05 bits per heavy atom. The molecule has 9 heteroatoms. The monoisotopic (exact) mass is 408 g/mol. The maximum atomic E-state index is 6.77. The molecule has 0 rings (SSSR count). The van der Waals surface area contributed by atoms with Gasteiger partial charge in [-0.2, -0.15) is 0 Å². The molecule has 0 aromatic heterocycles. The minimum absolute atomic E-state index is 0.0311. The Labute approximate surface area is 140 Å². The highest BCUT2D eigenvalue weighted by Crippen LogP contribution is 2.69. The molecule has 0 nitrogen and oxygen atoms in total. The summed E-state index contributed by atoms with van der Waals surface area (Å²) in [5.74, 6) is -0.0602. The van der Waals surface area contributed by atoms with Crippen molar-refractivity contribution in [3.8, 4) is 0 Å². The largest absolute Gasteiger partial charge is 0.131 e. The van der Waals surface area contributed by atoms with Crippen LogP contribution in [0.25, 0.3) is 0 Å². The molecule has 0 aliphatic heterocycles. The van der Waals surface area contributed by atoms with E-state index >= 15 is 0 Å². The Morgan fingerprint density at radius 3 is 1.21 bits per heavy atom. The van der Waals surface area contributed by atoms with Crippen molar-refractivity contribution >= 4 is 81.8 Å². The highest BCUT2D eigenvalue weighted by Gasteiger charge is 2.56. The van der Waals surface area contributed by atoms with E-state index in [1.54, 1.807) is 0 Å². The average Bonchev–Trinajstić information content (AvgIpc) is 2.09. The van der Waals surface area contributed by atoms with E-state index in [9.17, 15) is 0 Å². The molecule has 0 aliphatic carbocycles. The van der Waals surface area contributed by atoms with Crippen LogP contribution in [0.1, 0.15) is 27.7 Å². The fourth-order valence-corrected chi connectivity index (χ4v) is 5.65. The lowest BCUT2D eigenvalue weighted by molar-refractivity contribution is 0.231. The minimum atomic E-state index is -0.222. The Bertz CT molecular complexity index is 308. The molecular weight excluding hydrogens is 379 g/mol. The zero-order valence-corrected chi connectivity index (χ0v) is 21.5. The van der Waals surface area contributed by atoms with E-state index in [1.165, 1.54) is 0 Å². The van der Waals surface area contributed by atoms with Crippen LogP contribution in [0.2, 0.25) is 5.82 Å². The van der Waals surface area contributed by atoms with Gasteiger partial charge in [-0.3, -0.25) is 0 Å². The smallest absolute Gasteiger partial charge is 0.0725 e. The molecule has 0 aromatic rings. The topological polar surface area (TPSA) is 0 Å². The van der Waals surface area contributed by atoms with Crippen LogP contribution < -0.4 is 0 Å². The van der Waals surface area contributed by atoms with Gasteiger partial charge in [-0.05, 0) is 10.6 Å². The van der Waals surface area contributed by atoms with Crippen LogP contribution in [0.15, 0.2) is 0 Å². The summed E-state index contributed by atoms with van der Waals surface area (Å²) >= 11 is 0. The van der Waals surface area contributed by atoms with E-state index in [1.807, 2.05) is 0 Å². The second-order valence-corrected chi connectivity index (χ2v) is 18.5. The van der Waals surface area contributed by atoms with Gasteiger partial charge in [0.15, 0.2) is 0 Å². The highest BCUT2D eigenvalue weighted by molar-refractivity contribution is 7.57. The van der Waals surface area contributed by atoms with Crippen LogP contribution in [-0.4, -0.2) is 27.4 Å². The van der Waals surface area contributed by atoms with Crippen LogP contribution in [0.4, 0.5) is 0 Å². The van der Waals surface area contributed by atoms with Crippen molar-refractivity contribution in [2.45, 2.75) is 53.1 Å². The van der Waals surface area contributed by atoms with Crippen LogP contribution in [-0.2, 0) is 0 Å². The second-order valence-electron chi connectivity index (χ2n) is 6.55. The molecule has 0 fully saturated rings. The van der Waals surface area contributed by atoms with Gasteiger partial charge in [-0.15, -0.1) is 73.9 Å². The van der Waals surface area contributed by atoms with Crippen LogP contribution in [0.3, 0.4) is 0 Å². The molecular formula is C10H29BP8. The SMILES string of the molecule is [B]C(C(P)(P)C(C)(P)P)C(C)(C(C)(C)P)C(P)(P)P. The van der Waals surface area contributed by atoms with Crippen LogP contribution in [0.5, 0.6) is 0 Å². The molecule has 0 N–H and O–H groups in total. The maximum absolute atomic E-state index is 6.77. The molecule has 0 bridgehead atoms. The van der Waals surface area contributed by atoms with Gasteiger partial charge in [0.1, 0.15) is 0 Å². The molecule has 112 valence electrons. The second kappa shape index (κ2) is 6.79. The molecule has 2 radical (unpaired) electrons. The van der Waals surface area contributed by atoms with Crippen LogP contribution >= 0.6 is 73.9 Å². The molecule has 0 spiro atoms. The zero-order chi connectivity index (χ0) is 16.1. The van der Waals surface area contributed by atoms with E-state index in [-0.39, 0.29) is 30.8 Å². The van der Waals surface area contributed by atoms with Crippen molar-refractivity contribution in [3.05, 3.63) is 0 Å². The Morgan fingerprint density at radius 1 is 0.737 bits per heavy atom. The molecule has 10 atom stereocenters. The van der Waals surface area contributed by atoms with Gasteiger partial charge in [0.2, 0.25) is 0 Å². The number of hydrogen-bond acceptors (Lipinski definition) is 0. The number of hydrogen-bond donors (Lipinski definition) is 0.